The van der Waals surface area contributed by atoms with Crippen molar-refractivity contribution in [2.24, 2.45) is 17.3 Å². The summed E-state index contributed by atoms with van der Waals surface area (Å²) in [4.78, 5) is 57.2. The molecular weight excluding hydrogens is 667 g/mol. The standard InChI is InChI=1S/C41H49NO8S/c1-25-11-10-12-29(23-49-40(48)32-18-16-31(17-19-32)38(46)30-13-8-7-9-14-30)15-20-34(26(2)21-33-24-51-28(4)42-33)50-36(44)22-35(43)41(5,6)39(47)27(3)37(25)45/h7-9,13-19,21,24-25,27,34-35,37,43,45H,10-12,20,22-23H2,1-6H3/b26-21+,29-15-/t25-,27+,34-,35-,37-/m0/s1. The average Bonchev–Trinajstić information content (AvgIpc) is 3.53. The number of ketones is 2. The Balaban J connectivity index is 1.57. The number of ether oxygens (including phenoxy) is 2. The van der Waals surface area contributed by atoms with Gasteiger partial charge in [0.1, 0.15) is 18.5 Å². The Bertz CT molecular complexity index is 1740. The zero-order chi connectivity index (χ0) is 37.3. The fraction of sp³-hybridized carbons (Fsp3) is 0.439. The van der Waals surface area contributed by atoms with E-state index in [-0.39, 0.29) is 30.5 Å². The van der Waals surface area contributed by atoms with Gasteiger partial charge >= 0.3 is 11.9 Å². The number of aliphatic hydroxyl groups excluding tert-OH is 2. The van der Waals surface area contributed by atoms with E-state index in [1.54, 1.807) is 69.3 Å². The molecule has 1 aliphatic heterocycles. The number of aryl methyl sites for hydroxylation is 1. The molecule has 0 saturated heterocycles. The van der Waals surface area contributed by atoms with E-state index in [0.29, 0.717) is 36.0 Å². The molecule has 4 rings (SSSR count). The molecule has 1 aliphatic rings. The first-order valence-corrected chi connectivity index (χ1v) is 18.3. The summed E-state index contributed by atoms with van der Waals surface area (Å²) < 4.78 is 11.7. The molecule has 0 bridgehead atoms. The Labute approximate surface area is 304 Å². The van der Waals surface area contributed by atoms with Crippen molar-refractivity contribution < 1.29 is 38.9 Å². The lowest BCUT2D eigenvalue weighted by atomic mass is 9.73. The first-order chi connectivity index (χ1) is 24.2. The fourth-order valence-corrected chi connectivity index (χ4v) is 6.77. The van der Waals surface area contributed by atoms with Gasteiger partial charge in [0.05, 0.1) is 40.3 Å². The van der Waals surface area contributed by atoms with Gasteiger partial charge in [-0.05, 0) is 68.4 Å². The molecule has 10 heteroatoms. The maximum absolute atomic E-state index is 13.5. The largest absolute Gasteiger partial charge is 0.458 e. The second-order valence-corrected chi connectivity index (χ2v) is 15.1. The smallest absolute Gasteiger partial charge is 0.338 e. The Morgan fingerprint density at radius 3 is 2.31 bits per heavy atom. The van der Waals surface area contributed by atoms with Crippen molar-refractivity contribution in [2.75, 3.05) is 6.61 Å². The van der Waals surface area contributed by atoms with Crippen molar-refractivity contribution in [3.05, 3.63) is 105 Å². The minimum Gasteiger partial charge on any atom is -0.458 e. The maximum Gasteiger partial charge on any atom is 0.338 e. The molecule has 0 radical (unpaired) electrons. The molecule has 2 heterocycles. The van der Waals surface area contributed by atoms with Gasteiger partial charge in [-0.2, -0.15) is 0 Å². The van der Waals surface area contributed by atoms with Gasteiger partial charge in [0.25, 0.3) is 0 Å². The average molecular weight is 716 g/mol. The van der Waals surface area contributed by atoms with E-state index in [2.05, 4.69) is 4.98 Å². The monoisotopic (exact) mass is 715 g/mol. The number of nitrogens with zero attached hydrogens (tertiary/aromatic N) is 1. The quantitative estimate of drug-likeness (QED) is 0.146. The molecule has 0 unspecified atom stereocenters. The van der Waals surface area contributed by atoms with Gasteiger partial charge in [-0.25, -0.2) is 9.78 Å². The minimum absolute atomic E-state index is 0.0169. The van der Waals surface area contributed by atoms with Crippen LogP contribution in [0.5, 0.6) is 0 Å². The highest BCUT2D eigenvalue weighted by Crippen LogP contribution is 2.33. The Morgan fingerprint density at radius 1 is 1.02 bits per heavy atom. The van der Waals surface area contributed by atoms with Crippen LogP contribution < -0.4 is 0 Å². The first-order valence-electron chi connectivity index (χ1n) is 17.4. The number of aliphatic hydroxyl groups is 2. The number of esters is 2. The number of thiazole rings is 1. The second kappa shape index (κ2) is 17.8. The van der Waals surface area contributed by atoms with E-state index >= 15 is 0 Å². The van der Waals surface area contributed by atoms with E-state index in [9.17, 15) is 29.4 Å². The Hall–Kier alpha value is -4.25. The van der Waals surface area contributed by atoms with Gasteiger partial charge in [0, 0.05) is 28.8 Å². The third-order valence-electron chi connectivity index (χ3n) is 9.72. The predicted molar refractivity (Wildman–Crippen MR) is 197 cm³/mol. The van der Waals surface area contributed by atoms with E-state index < -0.39 is 48.0 Å². The lowest BCUT2D eigenvalue weighted by Gasteiger charge is -2.34. The molecule has 2 aromatic carbocycles. The van der Waals surface area contributed by atoms with Crippen molar-refractivity contribution in [2.45, 2.75) is 92.0 Å². The molecule has 272 valence electrons. The predicted octanol–water partition coefficient (Wildman–Crippen LogP) is 7.33. The van der Waals surface area contributed by atoms with E-state index in [4.69, 9.17) is 9.47 Å². The van der Waals surface area contributed by atoms with Crippen LogP contribution in [0.15, 0.2) is 77.2 Å². The highest BCUT2D eigenvalue weighted by Gasteiger charge is 2.42. The zero-order valence-electron chi connectivity index (χ0n) is 30.3. The maximum atomic E-state index is 13.5. The Morgan fingerprint density at radius 2 is 1.67 bits per heavy atom. The third kappa shape index (κ3) is 10.6. The number of carbonyl (C=O) groups excluding carboxylic acids is 4. The number of hydrogen-bond acceptors (Lipinski definition) is 10. The van der Waals surface area contributed by atoms with Gasteiger partial charge in [-0.15, -0.1) is 11.3 Å². The molecule has 51 heavy (non-hydrogen) atoms. The highest BCUT2D eigenvalue weighted by atomic mass is 32.1. The molecule has 1 aromatic heterocycles. The van der Waals surface area contributed by atoms with Gasteiger partial charge < -0.3 is 19.7 Å². The van der Waals surface area contributed by atoms with Crippen LogP contribution in [0.3, 0.4) is 0 Å². The van der Waals surface area contributed by atoms with Gasteiger partial charge in [0.2, 0.25) is 0 Å². The van der Waals surface area contributed by atoms with Gasteiger partial charge in [-0.1, -0.05) is 76.2 Å². The molecule has 0 fully saturated rings. The van der Waals surface area contributed by atoms with Crippen LogP contribution in [0.2, 0.25) is 0 Å². The molecule has 0 aliphatic carbocycles. The topological polar surface area (TPSA) is 140 Å². The summed E-state index contributed by atoms with van der Waals surface area (Å²) in [7, 11) is 0. The SMILES string of the molecule is C/C(=C\c1csc(C)n1)[C@@H]1C/C=C(\COC(=O)c2ccc(C(=O)c3ccccc3)cc2)CCC[C@H](C)[C@H](O)[C@@H](C)C(=O)C(C)(C)[C@@H](O)CC(=O)O1. The van der Waals surface area contributed by atoms with Gasteiger partial charge in [-0.3, -0.25) is 14.4 Å². The van der Waals surface area contributed by atoms with E-state index in [1.165, 1.54) is 11.3 Å². The lowest BCUT2D eigenvalue weighted by molar-refractivity contribution is -0.154. The zero-order valence-corrected chi connectivity index (χ0v) is 31.1. The molecule has 0 saturated carbocycles. The summed E-state index contributed by atoms with van der Waals surface area (Å²) in [5.41, 5.74) is 2.30. The number of Topliss-reactive ketones (excluding diaryl/α,β-unsaturated/α-hetero) is 1. The number of aromatic nitrogens is 1. The van der Waals surface area contributed by atoms with Crippen LogP contribution in [0.4, 0.5) is 0 Å². The summed E-state index contributed by atoms with van der Waals surface area (Å²) in [6, 6.07) is 15.2. The normalized spacial score (nSPS) is 25.0. The number of hydrogen-bond donors (Lipinski definition) is 2. The van der Waals surface area contributed by atoms with E-state index in [0.717, 1.165) is 21.8 Å². The van der Waals surface area contributed by atoms with Crippen LogP contribution in [0, 0.1) is 24.2 Å². The van der Waals surface area contributed by atoms with Crippen LogP contribution >= 0.6 is 11.3 Å². The lowest BCUT2D eigenvalue weighted by Crippen LogP contribution is -2.45. The van der Waals surface area contributed by atoms with Gasteiger partial charge in [0.15, 0.2) is 5.78 Å². The van der Waals surface area contributed by atoms with Crippen LogP contribution in [0.1, 0.15) is 104 Å². The molecule has 9 nitrogen and oxygen atoms in total. The summed E-state index contributed by atoms with van der Waals surface area (Å²) in [6.45, 7) is 10.5. The molecule has 0 spiro atoms. The fourth-order valence-electron chi connectivity index (χ4n) is 6.20. The number of carbonyl (C=O) groups is 4. The summed E-state index contributed by atoms with van der Waals surface area (Å²) in [6.07, 6.45) is 2.44. The number of rotatable bonds is 7. The molecule has 5 atom stereocenters. The van der Waals surface area contributed by atoms with E-state index in [1.807, 2.05) is 44.4 Å². The van der Waals surface area contributed by atoms with Crippen molar-refractivity contribution in [1.82, 2.24) is 4.98 Å². The van der Waals surface area contributed by atoms with Crippen molar-refractivity contribution >= 4 is 40.9 Å². The summed E-state index contributed by atoms with van der Waals surface area (Å²) in [5.74, 6) is -2.68. The van der Waals surface area contributed by atoms with Crippen LogP contribution in [0.25, 0.3) is 6.08 Å². The molecule has 3 aromatic rings. The molecular formula is C41H49NO8S. The number of cyclic esters (lactones) is 1. The summed E-state index contributed by atoms with van der Waals surface area (Å²) >= 11 is 1.51. The van der Waals surface area contributed by atoms with Crippen LogP contribution in [-0.4, -0.2) is 63.6 Å². The van der Waals surface area contributed by atoms with Crippen molar-refractivity contribution in [1.29, 1.82) is 0 Å². The van der Waals surface area contributed by atoms with Crippen molar-refractivity contribution in [3.63, 3.8) is 0 Å². The minimum atomic E-state index is -1.32. The summed E-state index contributed by atoms with van der Waals surface area (Å²) in [5, 5.41) is 25.0. The number of benzene rings is 2. The first kappa shape index (κ1) is 39.5. The third-order valence-corrected chi connectivity index (χ3v) is 10.5. The highest BCUT2D eigenvalue weighted by molar-refractivity contribution is 7.09. The molecule has 0 amide bonds. The van der Waals surface area contributed by atoms with Crippen molar-refractivity contribution in [3.8, 4) is 0 Å². The molecule has 2 N–H and O–H groups in total. The van der Waals surface area contributed by atoms with Crippen LogP contribution in [-0.2, 0) is 19.1 Å². The Kier molecular flexibility index (Phi) is 13.8. The second-order valence-electron chi connectivity index (χ2n) is 14.1.